The molecule has 2 amide bonds. The summed E-state index contributed by atoms with van der Waals surface area (Å²) in [5.41, 5.74) is 2.35. The van der Waals surface area contributed by atoms with Crippen LogP contribution in [0.15, 0.2) is 54.6 Å². The van der Waals surface area contributed by atoms with Crippen LogP contribution in [0.1, 0.15) is 11.1 Å². The first-order valence-corrected chi connectivity index (χ1v) is 9.62. The zero-order chi connectivity index (χ0) is 19.8. The summed E-state index contributed by atoms with van der Waals surface area (Å²) in [6.07, 6.45) is 0.674. The lowest BCUT2D eigenvalue weighted by atomic mass is 10.1. The lowest BCUT2D eigenvalue weighted by Gasteiger charge is -2.34. The molecule has 2 aromatic carbocycles. The Bertz CT molecular complexity index is 769. The minimum Gasteiger partial charge on any atom is -0.497 e. The van der Waals surface area contributed by atoms with Gasteiger partial charge in [-0.2, -0.15) is 0 Å². The Labute approximate surface area is 166 Å². The molecule has 1 N–H and O–H groups in total. The van der Waals surface area contributed by atoms with Gasteiger partial charge in [-0.3, -0.25) is 14.5 Å². The van der Waals surface area contributed by atoms with Crippen molar-refractivity contribution in [2.45, 2.75) is 13.0 Å². The lowest BCUT2D eigenvalue weighted by molar-refractivity contribution is -0.147. The van der Waals surface area contributed by atoms with E-state index in [0.717, 1.165) is 30.9 Å². The molecule has 0 aliphatic carbocycles. The molecule has 3 rings (SSSR count). The summed E-state index contributed by atoms with van der Waals surface area (Å²) < 4.78 is 5.13. The van der Waals surface area contributed by atoms with E-state index in [-0.39, 0.29) is 0 Å². The number of benzene rings is 2. The van der Waals surface area contributed by atoms with E-state index in [9.17, 15) is 9.59 Å². The number of rotatable bonds is 6. The molecule has 6 heteroatoms. The van der Waals surface area contributed by atoms with Crippen LogP contribution >= 0.6 is 0 Å². The highest BCUT2D eigenvalue weighted by Gasteiger charge is 2.25. The van der Waals surface area contributed by atoms with Crippen LogP contribution in [-0.2, 0) is 22.6 Å². The Hall–Kier alpha value is -2.86. The normalized spacial score (nSPS) is 14.5. The van der Waals surface area contributed by atoms with E-state index >= 15 is 0 Å². The molecule has 6 nitrogen and oxygen atoms in total. The summed E-state index contributed by atoms with van der Waals surface area (Å²) in [5.74, 6) is -0.159. The molecule has 28 heavy (non-hydrogen) atoms. The molecule has 0 radical (unpaired) electrons. The van der Waals surface area contributed by atoms with Gasteiger partial charge in [-0.05, 0) is 29.7 Å². The number of carbonyl (C=O) groups excluding carboxylic acids is 2. The van der Waals surface area contributed by atoms with Gasteiger partial charge in [-0.15, -0.1) is 0 Å². The molecular weight excluding hydrogens is 354 g/mol. The fourth-order valence-electron chi connectivity index (χ4n) is 3.28. The van der Waals surface area contributed by atoms with Crippen molar-refractivity contribution >= 4 is 11.8 Å². The van der Waals surface area contributed by atoms with Crippen LogP contribution in [0.5, 0.6) is 5.75 Å². The van der Waals surface area contributed by atoms with Crippen molar-refractivity contribution in [3.63, 3.8) is 0 Å². The highest BCUT2D eigenvalue weighted by molar-refractivity contribution is 6.35. The number of carbonyl (C=O) groups is 2. The molecule has 0 atom stereocenters. The molecule has 0 unspecified atom stereocenters. The Morgan fingerprint density at radius 3 is 2.25 bits per heavy atom. The van der Waals surface area contributed by atoms with Crippen molar-refractivity contribution in [1.82, 2.24) is 15.1 Å². The van der Waals surface area contributed by atoms with Crippen LogP contribution < -0.4 is 10.1 Å². The minimum absolute atomic E-state index is 0.435. The third kappa shape index (κ3) is 5.57. The molecule has 0 spiro atoms. The second kappa shape index (κ2) is 9.90. The molecule has 0 aromatic heterocycles. The zero-order valence-corrected chi connectivity index (χ0v) is 16.3. The van der Waals surface area contributed by atoms with Crippen LogP contribution in [-0.4, -0.2) is 61.4 Å². The van der Waals surface area contributed by atoms with Crippen LogP contribution in [0.4, 0.5) is 0 Å². The number of ether oxygens (including phenoxy) is 1. The average molecular weight is 381 g/mol. The molecular formula is C22H27N3O3. The largest absolute Gasteiger partial charge is 0.497 e. The van der Waals surface area contributed by atoms with Crippen LogP contribution in [0.3, 0.4) is 0 Å². The summed E-state index contributed by atoms with van der Waals surface area (Å²) in [7, 11) is 1.63. The van der Waals surface area contributed by atoms with Gasteiger partial charge < -0.3 is 15.0 Å². The predicted molar refractivity (Wildman–Crippen MR) is 108 cm³/mol. The SMILES string of the molecule is COc1ccc(CCNC(=O)C(=O)N2CCN(Cc3ccccc3)CC2)cc1. The smallest absolute Gasteiger partial charge is 0.311 e. The van der Waals surface area contributed by atoms with Gasteiger partial charge in [0.05, 0.1) is 7.11 Å². The van der Waals surface area contributed by atoms with Gasteiger partial charge in [0.2, 0.25) is 0 Å². The highest BCUT2D eigenvalue weighted by atomic mass is 16.5. The Morgan fingerprint density at radius 1 is 0.929 bits per heavy atom. The van der Waals surface area contributed by atoms with E-state index in [2.05, 4.69) is 22.3 Å². The Balaban J connectivity index is 1.38. The topological polar surface area (TPSA) is 61.9 Å². The van der Waals surface area contributed by atoms with Crippen molar-refractivity contribution in [2.24, 2.45) is 0 Å². The fraction of sp³-hybridized carbons (Fsp3) is 0.364. The van der Waals surface area contributed by atoms with E-state index < -0.39 is 11.8 Å². The van der Waals surface area contributed by atoms with Crippen molar-refractivity contribution in [1.29, 1.82) is 0 Å². The molecule has 1 aliphatic rings. The van der Waals surface area contributed by atoms with E-state index in [1.165, 1.54) is 5.56 Å². The maximum Gasteiger partial charge on any atom is 0.311 e. The number of hydrogen-bond acceptors (Lipinski definition) is 4. The second-order valence-electron chi connectivity index (χ2n) is 6.91. The van der Waals surface area contributed by atoms with Crippen molar-refractivity contribution < 1.29 is 14.3 Å². The predicted octanol–water partition coefficient (Wildman–Crippen LogP) is 1.70. The molecule has 1 saturated heterocycles. The third-order valence-corrected chi connectivity index (χ3v) is 4.96. The molecule has 0 bridgehead atoms. The quantitative estimate of drug-likeness (QED) is 0.774. The zero-order valence-electron chi connectivity index (χ0n) is 16.3. The first kappa shape index (κ1) is 19.9. The van der Waals surface area contributed by atoms with E-state index in [0.29, 0.717) is 26.1 Å². The Morgan fingerprint density at radius 2 is 1.61 bits per heavy atom. The summed E-state index contributed by atoms with van der Waals surface area (Å²) in [6.45, 7) is 4.02. The maximum absolute atomic E-state index is 12.4. The number of piperazine rings is 1. The fourth-order valence-corrected chi connectivity index (χ4v) is 3.28. The number of amides is 2. The standard InChI is InChI=1S/C22H27N3O3/c1-28-20-9-7-18(8-10-20)11-12-23-21(26)22(27)25-15-13-24(14-16-25)17-19-5-3-2-4-6-19/h2-10H,11-17H2,1H3,(H,23,26). The summed E-state index contributed by atoms with van der Waals surface area (Å²) >= 11 is 0. The van der Waals surface area contributed by atoms with Gasteiger partial charge >= 0.3 is 11.8 Å². The van der Waals surface area contributed by atoms with E-state index in [1.54, 1.807) is 12.0 Å². The van der Waals surface area contributed by atoms with Crippen molar-refractivity contribution in [3.8, 4) is 5.75 Å². The molecule has 1 fully saturated rings. The Kier molecular flexibility index (Phi) is 7.03. The highest BCUT2D eigenvalue weighted by Crippen LogP contribution is 2.11. The number of nitrogens with one attached hydrogen (secondary N) is 1. The van der Waals surface area contributed by atoms with Crippen molar-refractivity contribution in [2.75, 3.05) is 39.8 Å². The van der Waals surface area contributed by atoms with Gasteiger partial charge in [0.1, 0.15) is 5.75 Å². The summed E-state index contributed by atoms with van der Waals surface area (Å²) in [6, 6.07) is 18.0. The molecule has 1 aliphatic heterocycles. The van der Waals surface area contributed by atoms with Gasteiger partial charge in [0, 0.05) is 39.3 Å². The monoisotopic (exact) mass is 381 g/mol. The molecule has 148 valence electrons. The van der Waals surface area contributed by atoms with Crippen molar-refractivity contribution in [3.05, 3.63) is 65.7 Å². The molecule has 0 saturated carbocycles. The number of methoxy groups -OCH3 is 1. The summed E-state index contributed by atoms with van der Waals surface area (Å²) in [5, 5.41) is 2.73. The van der Waals surface area contributed by atoms with Crippen LogP contribution in [0.2, 0.25) is 0 Å². The van der Waals surface area contributed by atoms with E-state index in [1.807, 2.05) is 42.5 Å². The van der Waals surface area contributed by atoms with Crippen LogP contribution in [0.25, 0.3) is 0 Å². The number of hydrogen-bond donors (Lipinski definition) is 1. The first-order valence-electron chi connectivity index (χ1n) is 9.62. The molecule has 1 heterocycles. The lowest BCUT2D eigenvalue weighted by Crippen LogP contribution is -2.52. The van der Waals surface area contributed by atoms with E-state index in [4.69, 9.17) is 4.74 Å². The molecule has 2 aromatic rings. The van der Waals surface area contributed by atoms with Gasteiger partial charge in [-0.1, -0.05) is 42.5 Å². The second-order valence-corrected chi connectivity index (χ2v) is 6.91. The minimum atomic E-state index is -0.523. The summed E-state index contributed by atoms with van der Waals surface area (Å²) in [4.78, 5) is 28.5. The third-order valence-electron chi connectivity index (χ3n) is 4.96. The maximum atomic E-state index is 12.4. The number of nitrogens with zero attached hydrogens (tertiary/aromatic N) is 2. The van der Waals surface area contributed by atoms with Gasteiger partial charge in [-0.25, -0.2) is 0 Å². The van der Waals surface area contributed by atoms with Gasteiger partial charge in [0.25, 0.3) is 0 Å². The first-order chi connectivity index (χ1) is 13.7. The van der Waals surface area contributed by atoms with Crippen LogP contribution in [0, 0.1) is 0 Å². The average Bonchev–Trinajstić information content (AvgIpc) is 2.75. The van der Waals surface area contributed by atoms with Gasteiger partial charge in [0.15, 0.2) is 0 Å².